The Balaban J connectivity index is 0. The molecule has 176 valence electrons. The van der Waals surface area contributed by atoms with Gasteiger partial charge in [-0.05, 0) is 25.7 Å². The smallest absolute Gasteiger partial charge is 0.748 e. The summed E-state index contributed by atoms with van der Waals surface area (Å²) in [5.74, 6) is 0. The number of hydrogen-bond donors (Lipinski definition) is 1. The molecule has 0 fully saturated rings. The van der Waals surface area contributed by atoms with Gasteiger partial charge in [-0.25, -0.2) is 8.42 Å². The molecule has 30 heavy (non-hydrogen) atoms. The molecular formula is C24H49NaO4S. The second kappa shape index (κ2) is 23.0. The van der Waals surface area contributed by atoms with Crippen molar-refractivity contribution in [2.45, 2.75) is 154 Å². The average molecular weight is 457 g/mol. The molecule has 2 atom stereocenters. The Morgan fingerprint density at radius 1 is 0.600 bits per heavy atom. The van der Waals surface area contributed by atoms with Crippen LogP contribution < -0.4 is 29.6 Å². The van der Waals surface area contributed by atoms with E-state index in [9.17, 15) is 18.1 Å². The van der Waals surface area contributed by atoms with E-state index >= 15 is 0 Å². The van der Waals surface area contributed by atoms with Gasteiger partial charge < -0.3 is 9.66 Å². The van der Waals surface area contributed by atoms with Crippen LogP contribution >= 0.6 is 0 Å². The monoisotopic (exact) mass is 456 g/mol. The first kappa shape index (κ1) is 33.0. The van der Waals surface area contributed by atoms with E-state index in [-0.39, 0.29) is 35.7 Å². The van der Waals surface area contributed by atoms with Gasteiger partial charge in [0.25, 0.3) is 0 Å². The number of aliphatic hydroxyl groups is 1. The van der Waals surface area contributed by atoms with Gasteiger partial charge in [-0.2, -0.15) is 0 Å². The van der Waals surface area contributed by atoms with Crippen LogP contribution in [0.1, 0.15) is 142 Å². The molecule has 0 aliphatic heterocycles. The van der Waals surface area contributed by atoms with Gasteiger partial charge in [0.1, 0.15) is 0 Å². The molecule has 0 saturated heterocycles. The molecule has 0 aromatic carbocycles. The fourth-order valence-corrected chi connectivity index (χ4v) is 4.91. The Morgan fingerprint density at radius 3 is 1.30 bits per heavy atom. The van der Waals surface area contributed by atoms with Crippen molar-refractivity contribution in [2.75, 3.05) is 0 Å². The van der Waals surface area contributed by atoms with Crippen LogP contribution in [0.25, 0.3) is 0 Å². The van der Waals surface area contributed by atoms with E-state index in [0.717, 1.165) is 51.4 Å². The Hall–Kier alpha value is 0.870. The predicted molar refractivity (Wildman–Crippen MR) is 123 cm³/mol. The average Bonchev–Trinajstić information content (AvgIpc) is 2.67. The summed E-state index contributed by atoms with van der Waals surface area (Å²) in [6, 6.07) is 0. The van der Waals surface area contributed by atoms with E-state index in [0.29, 0.717) is 12.8 Å². The van der Waals surface area contributed by atoms with Gasteiger partial charge in [0.2, 0.25) is 0 Å². The molecule has 6 heteroatoms. The number of hydrogen-bond acceptors (Lipinski definition) is 4. The maximum atomic E-state index is 11.5. The van der Waals surface area contributed by atoms with E-state index in [4.69, 9.17) is 0 Å². The van der Waals surface area contributed by atoms with Crippen LogP contribution in [0.4, 0.5) is 0 Å². The SMILES string of the molecule is CCCCCCCCCCC(CCCCC(O)CCCCCCCC)S(=O)(=O)[O-].[Na+]. The molecule has 0 aliphatic carbocycles. The van der Waals surface area contributed by atoms with Crippen LogP contribution in [0.3, 0.4) is 0 Å². The molecule has 0 radical (unpaired) electrons. The van der Waals surface area contributed by atoms with E-state index in [1.54, 1.807) is 0 Å². The zero-order valence-corrected chi connectivity index (χ0v) is 23.2. The van der Waals surface area contributed by atoms with Crippen LogP contribution in [-0.4, -0.2) is 29.4 Å². The largest absolute Gasteiger partial charge is 1.00 e. The molecule has 0 rings (SSSR count). The molecule has 0 amide bonds. The molecule has 0 aromatic heterocycles. The van der Waals surface area contributed by atoms with Gasteiger partial charge in [-0.3, -0.25) is 0 Å². The van der Waals surface area contributed by atoms with Crippen molar-refractivity contribution in [1.29, 1.82) is 0 Å². The summed E-state index contributed by atoms with van der Waals surface area (Å²) in [5, 5.41) is 9.34. The van der Waals surface area contributed by atoms with E-state index in [2.05, 4.69) is 13.8 Å². The minimum atomic E-state index is -4.21. The fraction of sp³-hybridized carbons (Fsp3) is 1.00. The van der Waals surface area contributed by atoms with Crippen molar-refractivity contribution in [3.8, 4) is 0 Å². The summed E-state index contributed by atoms with van der Waals surface area (Å²) in [6.45, 7) is 4.42. The van der Waals surface area contributed by atoms with Gasteiger partial charge in [0.15, 0.2) is 0 Å². The van der Waals surface area contributed by atoms with Crippen LogP contribution in [0.2, 0.25) is 0 Å². The van der Waals surface area contributed by atoms with Crippen molar-refractivity contribution >= 4 is 10.1 Å². The molecule has 0 saturated carbocycles. The molecular weight excluding hydrogens is 407 g/mol. The third kappa shape index (κ3) is 22.1. The molecule has 0 spiro atoms. The maximum absolute atomic E-state index is 11.5. The third-order valence-electron chi connectivity index (χ3n) is 5.99. The van der Waals surface area contributed by atoms with Crippen molar-refractivity contribution in [3.05, 3.63) is 0 Å². The molecule has 1 N–H and O–H groups in total. The van der Waals surface area contributed by atoms with Gasteiger partial charge in [-0.15, -0.1) is 0 Å². The minimum Gasteiger partial charge on any atom is -0.748 e. The zero-order chi connectivity index (χ0) is 21.8. The number of rotatable bonds is 22. The van der Waals surface area contributed by atoms with E-state index in [1.807, 2.05) is 0 Å². The standard InChI is InChI=1S/C24H50O4S.Na/c1-3-5-7-9-11-12-14-16-21-24(29(26,27)28)22-18-17-20-23(25)19-15-13-10-8-6-4-2;/h23-25H,3-22H2,1-2H3,(H,26,27,28);/q;+1/p-1. The van der Waals surface area contributed by atoms with Crippen LogP contribution in [-0.2, 0) is 10.1 Å². The molecule has 0 aliphatic rings. The van der Waals surface area contributed by atoms with E-state index < -0.39 is 15.4 Å². The Bertz CT molecular complexity index is 442. The van der Waals surface area contributed by atoms with Gasteiger partial charge in [-0.1, -0.05) is 117 Å². The van der Waals surface area contributed by atoms with Crippen molar-refractivity contribution in [3.63, 3.8) is 0 Å². The zero-order valence-electron chi connectivity index (χ0n) is 20.4. The first-order valence-electron chi connectivity index (χ1n) is 12.5. The molecule has 4 nitrogen and oxygen atoms in total. The second-order valence-corrected chi connectivity index (χ2v) is 10.5. The summed E-state index contributed by atoms with van der Waals surface area (Å²) in [7, 11) is -4.21. The summed E-state index contributed by atoms with van der Waals surface area (Å²) in [6.07, 6.45) is 20.4. The first-order chi connectivity index (χ1) is 13.9. The molecule has 0 bridgehead atoms. The third-order valence-corrected chi connectivity index (χ3v) is 7.28. The summed E-state index contributed by atoms with van der Waals surface area (Å²) in [4.78, 5) is 0. The van der Waals surface area contributed by atoms with Gasteiger partial charge in [0.05, 0.1) is 16.2 Å². The normalized spacial score (nSPS) is 13.7. The Morgan fingerprint density at radius 2 is 0.900 bits per heavy atom. The topological polar surface area (TPSA) is 77.4 Å². The van der Waals surface area contributed by atoms with Crippen molar-refractivity contribution < 1.29 is 47.6 Å². The predicted octanol–water partition coefficient (Wildman–Crippen LogP) is 4.11. The van der Waals surface area contributed by atoms with Crippen LogP contribution in [0.5, 0.6) is 0 Å². The maximum Gasteiger partial charge on any atom is 1.00 e. The molecule has 0 heterocycles. The number of aliphatic hydroxyl groups excluding tert-OH is 1. The number of unbranched alkanes of at least 4 members (excludes halogenated alkanes) is 13. The summed E-state index contributed by atoms with van der Waals surface area (Å²) >= 11 is 0. The fourth-order valence-electron chi connectivity index (χ4n) is 4.00. The van der Waals surface area contributed by atoms with Gasteiger partial charge >= 0.3 is 29.6 Å². The van der Waals surface area contributed by atoms with E-state index in [1.165, 1.54) is 64.2 Å². The Kier molecular flexibility index (Phi) is 25.4. The van der Waals surface area contributed by atoms with Gasteiger partial charge in [0, 0.05) is 5.25 Å². The summed E-state index contributed by atoms with van der Waals surface area (Å²) in [5.41, 5.74) is 0. The first-order valence-corrected chi connectivity index (χ1v) is 14.0. The molecule has 0 aromatic rings. The quantitative estimate of drug-likeness (QED) is 0.151. The Labute approximate surface area is 210 Å². The summed E-state index contributed by atoms with van der Waals surface area (Å²) < 4.78 is 34.6. The van der Waals surface area contributed by atoms with Crippen molar-refractivity contribution in [2.24, 2.45) is 0 Å². The van der Waals surface area contributed by atoms with Crippen LogP contribution in [0.15, 0.2) is 0 Å². The molecule has 2 unspecified atom stereocenters. The van der Waals surface area contributed by atoms with Crippen LogP contribution in [0, 0.1) is 0 Å². The van der Waals surface area contributed by atoms with Crippen molar-refractivity contribution in [1.82, 2.24) is 0 Å². The second-order valence-electron chi connectivity index (χ2n) is 8.87. The minimum absolute atomic E-state index is 0.